The Morgan fingerprint density at radius 2 is 1.64 bits per heavy atom. The van der Waals surface area contributed by atoms with E-state index in [0.717, 1.165) is 5.56 Å². The van der Waals surface area contributed by atoms with E-state index in [1.807, 2.05) is 13.0 Å². The Kier molecular flexibility index (Phi) is 6.78. The predicted molar refractivity (Wildman–Crippen MR) is 133 cm³/mol. The van der Waals surface area contributed by atoms with Crippen molar-refractivity contribution in [3.63, 3.8) is 0 Å². The van der Waals surface area contributed by atoms with Gasteiger partial charge in [-0.1, -0.05) is 29.8 Å². The summed E-state index contributed by atoms with van der Waals surface area (Å²) in [7, 11) is 2.95. The van der Waals surface area contributed by atoms with Crippen molar-refractivity contribution >= 4 is 29.1 Å². The Bertz CT molecular complexity index is 1390. The first kappa shape index (κ1) is 24.5. The molecule has 0 aromatic heterocycles. The average molecular weight is 488 g/mol. The first-order valence-corrected chi connectivity index (χ1v) is 11.1. The molecular formula is C28H25NO7. The molecule has 1 saturated heterocycles. The molecule has 0 bridgehead atoms. The van der Waals surface area contributed by atoms with E-state index in [2.05, 4.69) is 0 Å². The van der Waals surface area contributed by atoms with Gasteiger partial charge in [0.15, 0.2) is 0 Å². The van der Waals surface area contributed by atoms with Crippen molar-refractivity contribution in [3.8, 4) is 17.2 Å². The Labute approximate surface area is 208 Å². The van der Waals surface area contributed by atoms with Gasteiger partial charge in [-0.3, -0.25) is 19.3 Å². The van der Waals surface area contributed by atoms with Crippen LogP contribution in [0.5, 0.6) is 17.2 Å². The number of methoxy groups -OCH3 is 2. The number of carbonyl (C=O) groups is 3. The zero-order chi connectivity index (χ0) is 26.0. The van der Waals surface area contributed by atoms with Gasteiger partial charge in [0.2, 0.25) is 0 Å². The third-order valence-electron chi connectivity index (χ3n) is 5.82. The lowest BCUT2D eigenvalue weighted by Crippen LogP contribution is -2.29. The van der Waals surface area contributed by atoms with Crippen molar-refractivity contribution in [3.05, 3.63) is 89.0 Å². The zero-order valence-corrected chi connectivity index (χ0v) is 20.3. The maximum Gasteiger partial charge on any atom is 0.308 e. The number of Topliss-reactive ketones (excluding diaryl/α,β-unsaturated/α-hetero) is 1. The van der Waals surface area contributed by atoms with Crippen LogP contribution in [0.2, 0.25) is 0 Å². The highest BCUT2D eigenvalue weighted by Gasteiger charge is 2.47. The van der Waals surface area contributed by atoms with Gasteiger partial charge < -0.3 is 19.3 Å². The number of aliphatic hydroxyl groups is 1. The number of aryl methyl sites for hydroxylation is 1. The molecule has 0 aliphatic carbocycles. The van der Waals surface area contributed by atoms with Crippen molar-refractivity contribution in [1.29, 1.82) is 0 Å². The lowest BCUT2D eigenvalue weighted by Gasteiger charge is -2.26. The van der Waals surface area contributed by atoms with Crippen LogP contribution >= 0.6 is 0 Å². The van der Waals surface area contributed by atoms with Crippen LogP contribution < -0.4 is 19.1 Å². The molecule has 8 nitrogen and oxygen atoms in total. The largest absolute Gasteiger partial charge is 0.507 e. The monoisotopic (exact) mass is 487 g/mol. The Balaban J connectivity index is 1.99. The Morgan fingerprint density at radius 1 is 0.917 bits per heavy atom. The number of anilines is 1. The van der Waals surface area contributed by atoms with Crippen LogP contribution in [0.4, 0.5) is 5.69 Å². The van der Waals surface area contributed by atoms with Crippen LogP contribution in [0.25, 0.3) is 5.76 Å². The van der Waals surface area contributed by atoms with Gasteiger partial charge in [0, 0.05) is 18.7 Å². The SMILES string of the molecule is COc1cccc(N2C(=O)C(=O)/C(=C(/O)c3cc(C)ccc3OC)C2c2cccc(OC(C)=O)c2)c1. The molecule has 1 amide bonds. The zero-order valence-electron chi connectivity index (χ0n) is 20.3. The van der Waals surface area contributed by atoms with Gasteiger partial charge in [0.1, 0.15) is 23.0 Å². The number of ether oxygens (including phenoxy) is 3. The van der Waals surface area contributed by atoms with E-state index in [9.17, 15) is 19.5 Å². The molecule has 1 heterocycles. The number of benzene rings is 3. The number of carbonyl (C=O) groups excluding carboxylic acids is 3. The summed E-state index contributed by atoms with van der Waals surface area (Å²) >= 11 is 0. The second-order valence-electron chi connectivity index (χ2n) is 8.24. The third-order valence-corrected chi connectivity index (χ3v) is 5.82. The minimum atomic E-state index is -1.02. The number of hydrogen-bond acceptors (Lipinski definition) is 7. The molecule has 0 saturated carbocycles. The quantitative estimate of drug-likeness (QED) is 0.179. The Morgan fingerprint density at radius 3 is 2.33 bits per heavy atom. The van der Waals surface area contributed by atoms with E-state index >= 15 is 0 Å². The number of ketones is 1. The van der Waals surface area contributed by atoms with Crippen LogP contribution in [0.3, 0.4) is 0 Å². The maximum absolute atomic E-state index is 13.4. The third kappa shape index (κ3) is 4.53. The molecule has 184 valence electrons. The molecule has 1 unspecified atom stereocenters. The van der Waals surface area contributed by atoms with Crippen LogP contribution in [0.15, 0.2) is 72.3 Å². The highest BCUT2D eigenvalue weighted by molar-refractivity contribution is 6.51. The minimum Gasteiger partial charge on any atom is -0.507 e. The minimum absolute atomic E-state index is 0.119. The Hall–Kier alpha value is -4.59. The summed E-state index contributed by atoms with van der Waals surface area (Å²) in [6.07, 6.45) is 0. The highest BCUT2D eigenvalue weighted by Crippen LogP contribution is 2.44. The summed E-state index contributed by atoms with van der Waals surface area (Å²) < 4.78 is 16.0. The topological polar surface area (TPSA) is 102 Å². The van der Waals surface area contributed by atoms with Crippen LogP contribution in [-0.4, -0.2) is 37.0 Å². The summed E-state index contributed by atoms with van der Waals surface area (Å²) in [5.41, 5.74) is 1.85. The molecule has 3 aromatic carbocycles. The van der Waals surface area contributed by atoms with E-state index in [0.29, 0.717) is 22.7 Å². The molecule has 36 heavy (non-hydrogen) atoms. The van der Waals surface area contributed by atoms with Crippen molar-refractivity contribution in [2.24, 2.45) is 0 Å². The summed E-state index contributed by atoms with van der Waals surface area (Å²) in [5.74, 6) is -1.49. The lowest BCUT2D eigenvalue weighted by atomic mass is 9.94. The molecule has 1 atom stereocenters. The fourth-order valence-electron chi connectivity index (χ4n) is 4.24. The van der Waals surface area contributed by atoms with Gasteiger partial charge in [-0.15, -0.1) is 0 Å². The molecule has 1 aliphatic rings. The molecule has 0 radical (unpaired) electrons. The fourth-order valence-corrected chi connectivity index (χ4v) is 4.24. The number of rotatable bonds is 6. The van der Waals surface area contributed by atoms with E-state index in [1.54, 1.807) is 60.7 Å². The van der Waals surface area contributed by atoms with E-state index in [4.69, 9.17) is 14.2 Å². The molecule has 0 spiro atoms. The first-order chi connectivity index (χ1) is 17.2. The van der Waals surface area contributed by atoms with Gasteiger partial charge in [-0.05, 0) is 48.9 Å². The van der Waals surface area contributed by atoms with Crippen molar-refractivity contribution in [2.75, 3.05) is 19.1 Å². The van der Waals surface area contributed by atoms with Gasteiger partial charge >= 0.3 is 5.97 Å². The molecule has 8 heteroatoms. The highest BCUT2D eigenvalue weighted by atomic mass is 16.5. The molecule has 4 rings (SSSR count). The average Bonchev–Trinajstić information content (AvgIpc) is 3.13. The van der Waals surface area contributed by atoms with Crippen LogP contribution in [0, 0.1) is 6.92 Å². The normalized spacial score (nSPS) is 16.7. The van der Waals surface area contributed by atoms with Crippen molar-refractivity contribution in [2.45, 2.75) is 19.9 Å². The molecule has 3 aromatic rings. The van der Waals surface area contributed by atoms with Crippen LogP contribution in [0.1, 0.15) is 29.7 Å². The summed E-state index contributed by atoms with van der Waals surface area (Å²) in [6.45, 7) is 3.12. The number of nitrogens with zero attached hydrogens (tertiary/aromatic N) is 1. The van der Waals surface area contributed by atoms with Crippen molar-refractivity contribution in [1.82, 2.24) is 0 Å². The first-order valence-electron chi connectivity index (χ1n) is 11.1. The molecule has 1 N–H and O–H groups in total. The van der Waals surface area contributed by atoms with Gasteiger partial charge in [-0.25, -0.2) is 0 Å². The van der Waals surface area contributed by atoms with E-state index in [1.165, 1.54) is 26.0 Å². The summed E-state index contributed by atoms with van der Waals surface area (Å²) in [6, 6.07) is 17.4. The molecular weight excluding hydrogens is 462 g/mol. The van der Waals surface area contributed by atoms with E-state index in [-0.39, 0.29) is 22.6 Å². The second-order valence-corrected chi connectivity index (χ2v) is 8.24. The standard InChI is InChI=1S/C28H25NO7/c1-16-11-12-23(35-4)22(13-16)26(31)24-25(18-7-5-10-21(14-18)36-17(2)30)29(28(33)27(24)32)19-8-6-9-20(15-19)34-3/h5-15,25,31H,1-4H3/b26-24+. The van der Waals surface area contributed by atoms with Crippen molar-refractivity contribution < 1.29 is 33.7 Å². The van der Waals surface area contributed by atoms with E-state index < -0.39 is 23.7 Å². The van der Waals surface area contributed by atoms with Gasteiger partial charge in [-0.2, -0.15) is 0 Å². The fraction of sp³-hybridized carbons (Fsp3) is 0.179. The van der Waals surface area contributed by atoms with Crippen LogP contribution in [-0.2, 0) is 14.4 Å². The molecule has 1 fully saturated rings. The molecule has 1 aliphatic heterocycles. The maximum atomic E-state index is 13.4. The number of esters is 1. The smallest absolute Gasteiger partial charge is 0.308 e. The summed E-state index contributed by atoms with van der Waals surface area (Å²) in [4.78, 5) is 39.7. The lowest BCUT2D eigenvalue weighted by molar-refractivity contribution is -0.132. The van der Waals surface area contributed by atoms with Gasteiger partial charge in [0.05, 0.1) is 31.4 Å². The predicted octanol–water partition coefficient (Wildman–Crippen LogP) is 4.56. The number of aliphatic hydroxyl groups excluding tert-OH is 1. The number of amides is 1. The second kappa shape index (κ2) is 9.95. The summed E-state index contributed by atoms with van der Waals surface area (Å²) in [5, 5.41) is 11.4. The van der Waals surface area contributed by atoms with Gasteiger partial charge in [0.25, 0.3) is 11.7 Å². The number of hydrogen-bond donors (Lipinski definition) is 1.